The molecule has 6 nitrogen and oxygen atoms in total. The lowest BCUT2D eigenvalue weighted by atomic mass is 9.82. The van der Waals surface area contributed by atoms with Crippen molar-refractivity contribution in [2.75, 3.05) is 5.32 Å². The molecule has 0 aliphatic heterocycles. The number of benzene rings is 3. The van der Waals surface area contributed by atoms with Gasteiger partial charge in [-0.3, -0.25) is 19.7 Å². The van der Waals surface area contributed by atoms with Gasteiger partial charge < -0.3 is 5.32 Å². The highest BCUT2D eigenvalue weighted by atomic mass is 19.2. The van der Waals surface area contributed by atoms with E-state index in [0.717, 1.165) is 0 Å². The van der Waals surface area contributed by atoms with Crippen LogP contribution in [0.1, 0.15) is 31.8 Å². The Bertz CT molecular complexity index is 1240. The lowest BCUT2D eigenvalue weighted by molar-refractivity contribution is -0.383. The summed E-state index contributed by atoms with van der Waals surface area (Å²) in [5, 5.41) is 13.9. The molecule has 0 fully saturated rings. The minimum absolute atomic E-state index is 0.00932. The molecule has 0 spiro atoms. The minimum Gasteiger partial charge on any atom is -0.349 e. The monoisotopic (exact) mass is 398 g/mol. The molecule has 3 aromatic rings. The third-order valence-electron chi connectivity index (χ3n) is 4.53. The number of hydrogen-bond donors (Lipinski definition) is 1. The van der Waals surface area contributed by atoms with E-state index in [4.69, 9.17) is 0 Å². The van der Waals surface area contributed by atoms with Crippen LogP contribution in [-0.4, -0.2) is 16.5 Å². The lowest BCUT2D eigenvalue weighted by Crippen LogP contribution is -2.25. The average Bonchev–Trinajstić information content (AvgIpc) is 2.69. The number of carbonyl (C=O) groups is 2. The second kappa shape index (κ2) is 6.55. The number of para-hydroxylation sites is 2. The van der Waals surface area contributed by atoms with Crippen molar-refractivity contribution in [2.45, 2.75) is 0 Å². The number of anilines is 2. The third kappa shape index (κ3) is 2.75. The normalized spacial score (nSPS) is 12.4. The predicted molar refractivity (Wildman–Crippen MR) is 96.0 cm³/mol. The Morgan fingerprint density at radius 2 is 1.48 bits per heavy atom. The van der Waals surface area contributed by atoms with E-state index in [0.29, 0.717) is 0 Å². The quantitative estimate of drug-likeness (QED) is 0.311. The van der Waals surface area contributed by atoms with Crippen molar-refractivity contribution >= 4 is 28.6 Å². The van der Waals surface area contributed by atoms with Crippen molar-refractivity contribution in [3.8, 4) is 0 Å². The van der Waals surface area contributed by atoms with Crippen molar-refractivity contribution in [3.05, 3.63) is 98.4 Å². The molecule has 0 heterocycles. The number of hydrogen-bond acceptors (Lipinski definition) is 5. The van der Waals surface area contributed by atoms with Crippen LogP contribution >= 0.6 is 0 Å². The molecule has 0 radical (unpaired) electrons. The molecule has 0 unspecified atom stereocenters. The maximum Gasteiger partial charge on any atom is 0.292 e. The molecule has 3 aromatic carbocycles. The molecular weight excluding hydrogens is 389 g/mol. The number of carbonyl (C=O) groups excluding carboxylic acids is 2. The third-order valence-corrected chi connectivity index (χ3v) is 4.53. The first-order chi connectivity index (χ1) is 13.8. The van der Waals surface area contributed by atoms with Gasteiger partial charge >= 0.3 is 0 Å². The van der Waals surface area contributed by atoms with Crippen molar-refractivity contribution < 1.29 is 27.7 Å². The molecule has 1 aliphatic carbocycles. The van der Waals surface area contributed by atoms with Gasteiger partial charge in [-0.25, -0.2) is 13.2 Å². The van der Waals surface area contributed by atoms with E-state index in [-0.39, 0.29) is 34.3 Å². The summed E-state index contributed by atoms with van der Waals surface area (Å²) in [5.41, 5.74) is -2.67. The van der Waals surface area contributed by atoms with Gasteiger partial charge in [0.05, 0.1) is 27.3 Å². The van der Waals surface area contributed by atoms with Crippen molar-refractivity contribution in [2.24, 2.45) is 0 Å². The summed E-state index contributed by atoms with van der Waals surface area (Å²) in [7, 11) is 0. The summed E-state index contributed by atoms with van der Waals surface area (Å²) in [6.07, 6.45) is 0. The Morgan fingerprint density at radius 3 is 2.21 bits per heavy atom. The number of nitrogens with zero attached hydrogens (tertiary/aromatic N) is 1. The summed E-state index contributed by atoms with van der Waals surface area (Å²) in [6, 6.07) is 9.72. The largest absolute Gasteiger partial charge is 0.349 e. The summed E-state index contributed by atoms with van der Waals surface area (Å²) in [4.78, 5) is 36.2. The zero-order valence-corrected chi connectivity index (χ0v) is 14.3. The van der Waals surface area contributed by atoms with Crippen LogP contribution in [0.5, 0.6) is 0 Å². The van der Waals surface area contributed by atoms with E-state index in [1.807, 2.05) is 0 Å². The van der Waals surface area contributed by atoms with E-state index in [1.54, 1.807) is 0 Å². The van der Waals surface area contributed by atoms with E-state index in [2.05, 4.69) is 5.32 Å². The number of rotatable bonds is 3. The zero-order valence-electron chi connectivity index (χ0n) is 14.3. The fourth-order valence-electron chi connectivity index (χ4n) is 3.26. The maximum atomic E-state index is 14.3. The number of nitro benzene ring substituents is 1. The maximum absolute atomic E-state index is 14.3. The van der Waals surface area contributed by atoms with E-state index in [9.17, 15) is 32.9 Å². The molecule has 0 atom stereocenters. The molecule has 0 bridgehead atoms. The van der Waals surface area contributed by atoms with Gasteiger partial charge in [-0.2, -0.15) is 0 Å². The zero-order chi connectivity index (χ0) is 20.9. The van der Waals surface area contributed by atoms with Crippen LogP contribution in [0.3, 0.4) is 0 Å². The highest BCUT2D eigenvalue weighted by Crippen LogP contribution is 2.37. The second-order valence-electron chi connectivity index (χ2n) is 6.19. The number of nitro groups is 1. The molecule has 1 N–H and O–H groups in total. The fraction of sp³-hybridized carbons (Fsp3) is 0. The van der Waals surface area contributed by atoms with Crippen molar-refractivity contribution in [1.29, 1.82) is 0 Å². The molecule has 29 heavy (non-hydrogen) atoms. The number of ketones is 2. The molecule has 0 amide bonds. The molecule has 144 valence electrons. The van der Waals surface area contributed by atoms with Crippen LogP contribution in [0.15, 0.2) is 48.5 Å². The Hall–Kier alpha value is -4.01. The number of halogens is 3. The van der Waals surface area contributed by atoms with Crippen LogP contribution in [0, 0.1) is 27.6 Å². The van der Waals surface area contributed by atoms with Gasteiger partial charge in [0, 0.05) is 17.7 Å². The van der Waals surface area contributed by atoms with Gasteiger partial charge in [0.1, 0.15) is 11.5 Å². The number of fused-ring (bicyclic) bond motifs is 2. The van der Waals surface area contributed by atoms with Gasteiger partial charge in [0.15, 0.2) is 23.2 Å². The molecule has 0 aromatic heterocycles. The highest BCUT2D eigenvalue weighted by Gasteiger charge is 2.37. The molecule has 9 heteroatoms. The highest BCUT2D eigenvalue weighted by molar-refractivity contribution is 6.30. The lowest BCUT2D eigenvalue weighted by Gasteiger charge is -2.21. The summed E-state index contributed by atoms with van der Waals surface area (Å²) < 4.78 is 42.0. The van der Waals surface area contributed by atoms with Crippen molar-refractivity contribution in [1.82, 2.24) is 0 Å². The molecular formula is C20H9F3N2O4. The fourth-order valence-corrected chi connectivity index (χ4v) is 3.26. The second-order valence-corrected chi connectivity index (χ2v) is 6.19. The van der Waals surface area contributed by atoms with Gasteiger partial charge in [-0.1, -0.05) is 24.3 Å². The Kier molecular flexibility index (Phi) is 4.15. The van der Waals surface area contributed by atoms with Crippen LogP contribution in [0.4, 0.5) is 30.2 Å². The van der Waals surface area contributed by atoms with Gasteiger partial charge in [0.25, 0.3) is 5.69 Å². The molecule has 1 aliphatic rings. The smallest absolute Gasteiger partial charge is 0.292 e. The van der Waals surface area contributed by atoms with Crippen LogP contribution in [-0.2, 0) is 0 Å². The summed E-state index contributed by atoms with van der Waals surface area (Å²) in [5.74, 6) is -6.66. The standard InChI is InChI=1S/C20H9F3N2O4/c21-10-8-11(22)18(23)17-16(10)20(27)15-9(19(17)26)4-3-6-13(15)24-12-5-1-2-7-14(12)25(28)29/h1-8,24H. The van der Waals surface area contributed by atoms with E-state index in [1.165, 1.54) is 42.5 Å². The first-order valence-electron chi connectivity index (χ1n) is 8.21. The van der Waals surface area contributed by atoms with Gasteiger partial charge in [0.2, 0.25) is 0 Å². The topological polar surface area (TPSA) is 89.3 Å². The van der Waals surface area contributed by atoms with E-state index >= 15 is 0 Å². The summed E-state index contributed by atoms with van der Waals surface area (Å²) in [6.45, 7) is 0. The predicted octanol–water partition coefficient (Wildman–Crippen LogP) is 4.53. The summed E-state index contributed by atoms with van der Waals surface area (Å²) >= 11 is 0. The minimum atomic E-state index is -1.61. The number of nitrogens with one attached hydrogen (secondary N) is 1. The van der Waals surface area contributed by atoms with Gasteiger partial charge in [-0.15, -0.1) is 0 Å². The molecule has 0 saturated heterocycles. The van der Waals surface area contributed by atoms with Gasteiger partial charge in [-0.05, 0) is 12.1 Å². The SMILES string of the molecule is O=C1c2c(Nc3ccccc3[N+](=O)[O-])cccc2C(=O)c2c(F)c(F)cc(F)c21. The molecule has 0 saturated carbocycles. The van der Waals surface area contributed by atoms with Crippen LogP contribution in [0.25, 0.3) is 0 Å². The van der Waals surface area contributed by atoms with Crippen molar-refractivity contribution in [3.63, 3.8) is 0 Å². The molecule has 4 rings (SSSR count). The van der Waals surface area contributed by atoms with Crippen LogP contribution < -0.4 is 5.32 Å². The Labute approximate surface area is 160 Å². The average molecular weight is 398 g/mol. The first kappa shape index (κ1) is 18.4. The van der Waals surface area contributed by atoms with Crippen LogP contribution in [0.2, 0.25) is 0 Å². The first-order valence-corrected chi connectivity index (χ1v) is 8.21. The van der Waals surface area contributed by atoms with E-state index < -0.39 is 45.1 Å². The Balaban J connectivity index is 1.91. The Morgan fingerprint density at radius 1 is 0.793 bits per heavy atom.